The van der Waals surface area contributed by atoms with Crippen molar-refractivity contribution in [3.63, 3.8) is 0 Å². The van der Waals surface area contributed by atoms with Crippen molar-refractivity contribution in [1.82, 2.24) is 4.90 Å². The Morgan fingerprint density at radius 3 is 2.66 bits per heavy atom. The number of amides is 2. The molecule has 2 aromatic carbocycles. The van der Waals surface area contributed by atoms with Crippen molar-refractivity contribution >= 4 is 40.1 Å². The number of thioether (sulfide) groups is 1. The van der Waals surface area contributed by atoms with Gasteiger partial charge in [-0.1, -0.05) is 42.1 Å². The number of ether oxygens (including phenoxy) is 1. The van der Waals surface area contributed by atoms with Crippen LogP contribution in [-0.2, 0) is 16.1 Å². The van der Waals surface area contributed by atoms with Crippen LogP contribution in [0.1, 0.15) is 19.1 Å². The van der Waals surface area contributed by atoms with E-state index in [1.54, 1.807) is 23.3 Å². The highest BCUT2D eigenvalue weighted by molar-refractivity contribution is 8.15. The van der Waals surface area contributed by atoms with Gasteiger partial charge in [-0.2, -0.15) is 0 Å². The second-order valence-electron chi connectivity index (χ2n) is 7.02. The Morgan fingerprint density at radius 2 is 1.91 bits per heavy atom. The number of carbonyl (C=O) groups excluding carboxylic acids is 2. The lowest BCUT2D eigenvalue weighted by atomic mass is 10.2. The standard InChI is InChI=1S/C24H23N3O4S/c1-2-30-20-13-7-6-12-19(20)26-24-27(16-18-11-8-14-31-18)23(29)21(32-24)15-22(28)25-17-9-4-3-5-10-17/h3-14,21H,2,15-16H2,1H3,(H,25,28)/t21-/m0/s1. The molecular weight excluding hydrogens is 426 g/mol. The number of anilines is 1. The highest BCUT2D eigenvalue weighted by Gasteiger charge is 2.39. The zero-order valence-electron chi connectivity index (χ0n) is 17.6. The molecule has 1 aromatic heterocycles. The van der Waals surface area contributed by atoms with E-state index in [1.807, 2.05) is 61.5 Å². The largest absolute Gasteiger partial charge is 0.492 e. The summed E-state index contributed by atoms with van der Waals surface area (Å²) in [5.41, 5.74) is 1.32. The predicted octanol–water partition coefficient (Wildman–Crippen LogP) is 4.84. The molecule has 3 aromatic rings. The van der Waals surface area contributed by atoms with E-state index in [-0.39, 0.29) is 24.8 Å². The molecule has 1 saturated heterocycles. The summed E-state index contributed by atoms with van der Waals surface area (Å²) in [6.45, 7) is 2.65. The average molecular weight is 450 g/mol. The lowest BCUT2D eigenvalue weighted by Crippen LogP contribution is -2.33. The first-order chi connectivity index (χ1) is 15.6. The van der Waals surface area contributed by atoms with E-state index in [0.717, 1.165) is 0 Å². The van der Waals surface area contributed by atoms with Crippen LogP contribution in [0.3, 0.4) is 0 Å². The van der Waals surface area contributed by atoms with Gasteiger partial charge in [0.25, 0.3) is 0 Å². The minimum atomic E-state index is -0.577. The number of amidine groups is 1. The smallest absolute Gasteiger partial charge is 0.243 e. The minimum absolute atomic E-state index is 0.0408. The SMILES string of the molecule is CCOc1ccccc1N=C1S[C@@H](CC(=O)Nc2ccccc2)C(=O)N1Cc1ccco1. The van der Waals surface area contributed by atoms with Gasteiger partial charge in [0.15, 0.2) is 5.17 Å². The third-order valence-corrected chi connectivity index (χ3v) is 5.90. The maximum absolute atomic E-state index is 13.2. The summed E-state index contributed by atoms with van der Waals surface area (Å²) in [5.74, 6) is 0.871. The number of carbonyl (C=O) groups is 2. The molecule has 0 bridgehead atoms. The molecule has 1 aliphatic heterocycles. The van der Waals surface area contributed by atoms with Gasteiger partial charge in [0.05, 0.1) is 19.4 Å². The Labute approximate surface area is 190 Å². The summed E-state index contributed by atoms with van der Waals surface area (Å²) in [6, 6.07) is 20.2. The van der Waals surface area contributed by atoms with Crippen LogP contribution in [0.15, 0.2) is 82.4 Å². The highest BCUT2D eigenvalue weighted by Crippen LogP contribution is 2.35. The third kappa shape index (κ3) is 5.20. The van der Waals surface area contributed by atoms with E-state index in [4.69, 9.17) is 14.1 Å². The van der Waals surface area contributed by atoms with Gasteiger partial charge in [0, 0.05) is 12.1 Å². The molecule has 0 unspecified atom stereocenters. The number of hydrogen-bond acceptors (Lipinski definition) is 6. The van der Waals surface area contributed by atoms with Gasteiger partial charge < -0.3 is 14.5 Å². The molecular formula is C24H23N3O4S. The predicted molar refractivity (Wildman–Crippen MR) is 125 cm³/mol. The number of nitrogens with one attached hydrogen (secondary N) is 1. The molecule has 4 rings (SSSR count). The molecule has 0 spiro atoms. The lowest BCUT2D eigenvalue weighted by molar-refractivity contribution is -0.128. The number of aliphatic imine (C=N–C) groups is 1. The molecule has 0 saturated carbocycles. The molecule has 2 heterocycles. The van der Waals surface area contributed by atoms with Crippen molar-refractivity contribution in [2.75, 3.05) is 11.9 Å². The van der Waals surface area contributed by atoms with Crippen LogP contribution in [0, 0.1) is 0 Å². The van der Waals surface area contributed by atoms with Gasteiger partial charge in [-0.3, -0.25) is 14.5 Å². The normalized spacial score (nSPS) is 17.0. The number of benzene rings is 2. The molecule has 1 N–H and O–H groups in total. The second kappa shape index (κ2) is 10.2. The van der Waals surface area contributed by atoms with Crippen LogP contribution in [0.5, 0.6) is 5.75 Å². The summed E-state index contributed by atoms with van der Waals surface area (Å²) in [6.07, 6.45) is 1.61. The first-order valence-electron chi connectivity index (χ1n) is 10.3. The quantitative estimate of drug-likeness (QED) is 0.532. The zero-order valence-corrected chi connectivity index (χ0v) is 18.4. The fourth-order valence-electron chi connectivity index (χ4n) is 3.26. The summed E-state index contributed by atoms with van der Waals surface area (Å²) in [4.78, 5) is 32.0. The fraction of sp³-hybridized carbons (Fsp3) is 0.208. The van der Waals surface area contributed by atoms with Gasteiger partial charge in [-0.25, -0.2) is 4.99 Å². The Bertz CT molecular complexity index is 1100. The van der Waals surface area contributed by atoms with Crippen LogP contribution >= 0.6 is 11.8 Å². The molecule has 7 nitrogen and oxygen atoms in total. The lowest BCUT2D eigenvalue weighted by Gasteiger charge is -2.15. The monoisotopic (exact) mass is 449 g/mol. The van der Waals surface area contributed by atoms with Gasteiger partial charge >= 0.3 is 0 Å². The third-order valence-electron chi connectivity index (χ3n) is 4.72. The van der Waals surface area contributed by atoms with E-state index >= 15 is 0 Å². The summed E-state index contributed by atoms with van der Waals surface area (Å²) < 4.78 is 11.1. The van der Waals surface area contributed by atoms with E-state index in [2.05, 4.69) is 5.32 Å². The summed E-state index contributed by atoms with van der Waals surface area (Å²) in [7, 11) is 0. The maximum atomic E-state index is 13.2. The van der Waals surface area contributed by atoms with Gasteiger partial charge in [0.2, 0.25) is 11.8 Å². The van der Waals surface area contributed by atoms with Crippen molar-refractivity contribution in [2.24, 2.45) is 4.99 Å². The molecule has 0 radical (unpaired) electrons. The number of rotatable bonds is 8. The highest BCUT2D eigenvalue weighted by atomic mass is 32.2. The van der Waals surface area contributed by atoms with Crippen LogP contribution in [0.2, 0.25) is 0 Å². The molecule has 1 atom stereocenters. The molecule has 32 heavy (non-hydrogen) atoms. The van der Waals surface area contributed by atoms with Gasteiger partial charge in [-0.15, -0.1) is 0 Å². The topological polar surface area (TPSA) is 84.1 Å². The molecule has 8 heteroatoms. The van der Waals surface area contributed by atoms with Gasteiger partial charge in [-0.05, 0) is 43.3 Å². The second-order valence-corrected chi connectivity index (χ2v) is 8.19. The number of hydrogen-bond donors (Lipinski definition) is 1. The van der Waals surface area contributed by atoms with Crippen LogP contribution < -0.4 is 10.1 Å². The number of furan rings is 1. The Morgan fingerprint density at radius 1 is 1.12 bits per heavy atom. The van der Waals surface area contributed by atoms with Crippen molar-refractivity contribution in [3.05, 3.63) is 78.8 Å². The van der Waals surface area contributed by atoms with Crippen molar-refractivity contribution in [3.8, 4) is 5.75 Å². The molecule has 2 amide bonds. The van der Waals surface area contributed by atoms with Crippen LogP contribution in [-0.4, -0.2) is 33.7 Å². The van der Waals surface area contributed by atoms with Crippen LogP contribution in [0.4, 0.5) is 11.4 Å². The molecule has 0 aliphatic carbocycles. The summed E-state index contributed by atoms with van der Waals surface area (Å²) in [5, 5.41) is 2.77. The van der Waals surface area contributed by atoms with Crippen LogP contribution in [0.25, 0.3) is 0 Å². The van der Waals surface area contributed by atoms with E-state index in [1.165, 1.54) is 11.8 Å². The minimum Gasteiger partial charge on any atom is -0.492 e. The van der Waals surface area contributed by atoms with Crippen molar-refractivity contribution in [2.45, 2.75) is 25.1 Å². The molecule has 1 aliphatic rings. The van der Waals surface area contributed by atoms with Crippen molar-refractivity contribution < 1.29 is 18.7 Å². The van der Waals surface area contributed by atoms with E-state index in [9.17, 15) is 9.59 Å². The number of para-hydroxylation sites is 3. The molecule has 164 valence electrons. The fourth-order valence-corrected chi connectivity index (χ4v) is 4.41. The first kappa shape index (κ1) is 21.7. The maximum Gasteiger partial charge on any atom is 0.243 e. The zero-order chi connectivity index (χ0) is 22.3. The first-order valence-corrected chi connectivity index (χ1v) is 11.2. The summed E-state index contributed by atoms with van der Waals surface area (Å²) >= 11 is 1.28. The Kier molecular flexibility index (Phi) is 6.91. The number of nitrogens with zero attached hydrogens (tertiary/aromatic N) is 2. The molecule has 1 fully saturated rings. The van der Waals surface area contributed by atoms with Gasteiger partial charge in [0.1, 0.15) is 22.4 Å². The Balaban J connectivity index is 1.56. The van der Waals surface area contributed by atoms with Crippen molar-refractivity contribution in [1.29, 1.82) is 0 Å². The van der Waals surface area contributed by atoms with E-state index in [0.29, 0.717) is 34.7 Å². The average Bonchev–Trinajstić information content (AvgIpc) is 3.40. The van der Waals surface area contributed by atoms with E-state index < -0.39 is 5.25 Å². The Hall–Kier alpha value is -3.52.